The number of hydrogen-bond donors (Lipinski definition) is 2. The maximum absolute atomic E-state index is 13.6. The van der Waals surface area contributed by atoms with E-state index in [1.54, 1.807) is 6.92 Å². The summed E-state index contributed by atoms with van der Waals surface area (Å²) in [4.78, 5) is 11.2. The minimum Gasteiger partial charge on any atom is -0.479 e. The van der Waals surface area contributed by atoms with Gasteiger partial charge >= 0.3 is 5.97 Å². The maximum atomic E-state index is 13.6. The fourth-order valence-corrected chi connectivity index (χ4v) is 2.00. The lowest BCUT2D eigenvalue weighted by Crippen LogP contribution is -2.43. The highest BCUT2D eigenvalue weighted by Crippen LogP contribution is 2.33. The number of benzene rings is 1. The molecule has 1 aromatic rings. The molecular formula is C13H16F2O3. The van der Waals surface area contributed by atoms with E-state index in [1.165, 1.54) is 13.0 Å². The monoisotopic (exact) mass is 258 g/mol. The molecule has 0 amide bonds. The molecule has 0 aliphatic rings. The average molecular weight is 258 g/mol. The van der Waals surface area contributed by atoms with Gasteiger partial charge in [0.15, 0.2) is 5.60 Å². The number of aliphatic carboxylic acids is 1. The topological polar surface area (TPSA) is 57.5 Å². The summed E-state index contributed by atoms with van der Waals surface area (Å²) >= 11 is 0. The molecule has 1 rings (SSSR count). The van der Waals surface area contributed by atoms with Crippen LogP contribution in [0.15, 0.2) is 18.2 Å². The molecule has 0 heterocycles. The van der Waals surface area contributed by atoms with E-state index in [-0.39, 0.29) is 12.0 Å². The van der Waals surface area contributed by atoms with Crippen molar-refractivity contribution in [3.05, 3.63) is 35.4 Å². The van der Waals surface area contributed by atoms with Crippen molar-refractivity contribution >= 4 is 5.97 Å². The van der Waals surface area contributed by atoms with Gasteiger partial charge < -0.3 is 10.2 Å². The van der Waals surface area contributed by atoms with E-state index in [9.17, 15) is 18.7 Å². The summed E-state index contributed by atoms with van der Waals surface area (Å²) in [6.45, 7) is 3.14. The highest BCUT2D eigenvalue weighted by molar-refractivity contribution is 5.78. The number of rotatable bonds is 5. The zero-order valence-corrected chi connectivity index (χ0v) is 10.3. The quantitative estimate of drug-likeness (QED) is 0.853. The third-order valence-corrected chi connectivity index (χ3v) is 3.15. The van der Waals surface area contributed by atoms with Gasteiger partial charge in [0.1, 0.15) is 11.6 Å². The number of hydrogen-bond acceptors (Lipinski definition) is 2. The van der Waals surface area contributed by atoms with Crippen LogP contribution in [0.25, 0.3) is 0 Å². The molecule has 0 aromatic heterocycles. The first-order valence-electron chi connectivity index (χ1n) is 5.73. The molecule has 2 atom stereocenters. The van der Waals surface area contributed by atoms with E-state index in [0.717, 1.165) is 6.07 Å². The molecule has 18 heavy (non-hydrogen) atoms. The minimum absolute atomic E-state index is 0.000314. The summed E-state index contributed by atoms with van der Waals surface area (Å²) in [5.74, 6) is -3.95. The molecule has 3 nitrogen and oxygen atoms in total. The van der Waals surface area contributed by atoms with E-state index in [4.69, 9.17) is 5.11 Å². The van der Waals surface area contributed by atoms with Crippen LogP contribution in [0.5, 0.6) is 0 Å². The van der Waals surface area contributed by atoms with Gasteiger partial charge in [0.25, 0.3) is 0 Å². The Morgan fingerprint density at radius 2 is 2.06 bits per heavy atom. The average Bonchev–Trinajstić information content (AvgIpc) is 2.28. The van der Waals surface area contributed by atoms with Gasteiger partial charge in [-0.1, -0.05) is 26.3 Å². The second kappa shape index (κ2) is 5.44. The summed E-state index contributed by atoms with van der Waals surface area (Å²) in [5.41, 5.74) is -2.05. The zero-order valence-electron chi connectivity index (χ0n) is 10.3. The van der Waals surface area contributed by atoms with Crippen molar-refractivity contribution in [2.24, 2.45) is 0 Å². The fraction of sp³-hybridized carbons (Fsp3) is 0.462. The number of carboxylic acids is 1. The van der Waals surface area contributed by atoms with Crippen LogP contribution in [-0.2, 0) is 4.79 Å². The molecule has 1 aromatic carbocycles. The molecule has 0 spiro atoms. The second-order valence-electron chi connectivity index (χ2n) is 4.37. The highest BCUT2D eigenvalue weighted by atomic mass is 19.1. The van der Waals surface area contributed by atoms with E-state index >= 15 is 0 Å². The Balaban J connectivity index is 3.17. The Morgan fingerprint density at radius 3 is 2.50 bits per heavy atom. The Kier molecular flexibility index (Phi) is 4.40. The number of halogens is 2. The number of carboxylic acid groups (broad SMARTS) is 1. The van der Waals surface area contributed by atoms with Crippen LogP contribution >= 0.6 is 0 Å². The first-order valence-corrected chi connectivity index (χ1v) is 5.73. The molecule has 5 heteroatoms. The first-order chi connectivity index (χ1) is 8.32. The lowest BCUT2D eigenvalue weighted by molar-refractivity contribution is -0.161. The van der Waals surface area contributed by atoms with Gasteiger partial charge in [-0.15, -0.1) is 0 Å². The van der Waals surface area contributed by atoms with E-state index in [1.807, 2.05) is 0 Å². The van der Waals surface area contributed by atoms with Gasteiger partial charge in [-0.3, -0.25) is 0 Å². The van der Waals surface area contributed by atoms with Crippen molar-refractivity contribution in [2.75, 3.05) is 0 Å². The maximum Gasteiger partial charge on any atom is 0.336 e. The summed E-state index contributed by atoms with van der Waals surface area (Å²) < 4.78 is 26.4. The van der Waals surface area contributed by atoms with Crippen LogP contribution in [0.2, 0.25) is 0 Å². The van der Waals surface area contributed by atoms with Crippen LogP contribution < -0.4 is 0 Å². The summed E-state index contributed by atoms with van der Waals surface area (Å²) in [5, 5.41) is 19.2. The van der Waals surface area contributed by atoms with Crippen molar-refractivity contribution in [1.82, 2.24) is 0 Å². The second-order valence-corrected chi connectivity index (χ2v) is 4.37. The molecule has 0 saturated carbocycles. The molecule has 0 aliphatic carbocycles. The Bertz CT molecular complexity index is 448. The summed E-state index contributed by atoms with van der Waals surface area (Å²) in [7, 11) is 0. The van der Waals surface area contributed by atoms with Crippen LogP contribution in [0.4, 0.5) is 8.78 Å². The van der Waals surface area contributed by atoms with Gasteiger partial charge in [0.05, 0.1) is 0 Å². The zero-order chi connectivity index (χ0) is 13.9. The molecule has 2 N–H and O–H groups in total. The van der Waals surface area contributed by atoms with Crippen molar-refractivity contribution in [3.8, 4) is 0 Å². The first kappa shape index (κ1) is 14.6. The molecule has 0 bridgehead atoms. The van der Waals surface area contributed by atoms with Gasteiger partial charge in [-0.25, -0.2) is 13.6 Å². The van der Waals surface area contributed by atoms with Crippen LogP contribution in [0.1, 0.15) is 38.2 Å². The minimum atomic E-state index is -2.05. The standard InChI is InChI=1S/C13H16F2O3/c1-3-6-13(18,12(16)17)8(2)10-5-4-9(14)7-11(10)15/h4-5,7-8,18H,3,6H2,1-2H3,(H,16,17). The van der Waals surface area contributed by atoms with Gasteiger partial charge in [0.2, 0.25) is 0 Å². The van der Waals surface area contributed by atoms with Crippen molar-refractivity contribution in [2.45, 2.75) is 38.2 Å². The molecule has 0 radical (unpaired) electrons. The van der Waals surface area contributed by atoms with Crippen LogP contribution in [0, 0.1) is 11.6 Å². The van der Waals surface area contributed by atoms with Crippen molar-refractivity contribution < 1.29 is 23.8 Å². The molecule has 0 aliphatic heterocycles. The fourth-order valence-electron chi connectivity index (χ4n) is 2.00. The lowest BCUT2D eigenvalue weighted by atomic mass is 9.80. The Morgan fingerprint density at radius 1 is 1.44 bits per heavy atom. The highest BCUT2D eigenvalue weighted by Gasteiger charge is 2.42. The Hall–Kier alpha value is -1.49. The number of carbonyl (C=O) groups is 1. The molecule has 0 saturated heterocycles. The van der Waals surface area contributed by atoms with E-state index in [2.05, 4.69) is 0 Å². The van der Waals surface area contributed by atoms with Gasteiger partial charge in [0, 0.05) is 12.0 Å². The van der Waals surface area contributed by atoms with E-state index < -0.39 is 29.1 Å². The summed E-state index contributed by atoms with van der Waals surface area (Å²) in [6, 6.07) is 2.89. The molecule has 0 fully saturated rings. The normalized spacial score (nSPS) is 16.1. The van der Waals surface area contributed by atoms with Gasteiger partial charge in [-0.05, 0) is 18.1 Å². The van der Waals surface area contributed by atoms with Crippen LogP contribution in [0.3, 0.4) is 0 Å². The SMILES string of the molecule is CCCC(O)(C(=O)O)C(C)c1ccc(F)cc1F. The van der Waals surface area contributed by atoms with Crippen molar-refractivity contribution in [3.63, 3.8) is 0 Å². The summed E-state index contributed by atoms with van der Waals surface area (Å²) in [6.07, 6.45) is 0.441. The predicted octanol–water partition coefficient (Wildman–Crippen LogP) is 2.68. The predicted molar refractivity (Wildman–Crippen MR) is 62.3 cm³/mol. The molecule has 2 unspecified atom stereocenters. The van der Waals surface area contributed by atoms with E-state index in [0.29, 0.717) is 12.5 Å². The third-order valence-electron chi connectivity index (χ3n) is 3.15. The largest absolute Gasteiger partial charge is 0.479 e. The smallest absolute Gasteiger partial charge is 0.336 e. The lowest BCUT2D eigenvalue weighted by Gasteiger charge is -2.30. The van der Waals surface area contributed by atoms with Crippen LogP contribution in [-0.4, -0.2) is 21.8 Å². The number of aliphatic hydroxyl groups is 1. The molecular weight excluding hydrogens is 242 g/mol. The van der Waals surface area contributed by atoms with Crippen molar-refractivity contribution in [1.29, 1.82) is 0 Å². The van der Waals surface area contributed by atoms with Gasteiger partial charge in [-0.2, -0.15) is 0 Å². The third kappa shape index (κ3) is 2.67. The Labute approximate surface area is 104 Å². The molecule has 100 valence electrons.